The van der Waals surface area contributed by atoms with E-state index < -0.39 is 12.2 Å². The van der Waals surface area contributed by atoms with Crippen molar-refractivity contribution in [1.82, 2.24) is 0 Å². The summed E-state index contributed by atoms with van der Waals surface area (Å²) in [5.41, 5.74) is 0.461. The minimum atomic E-state index is -3.55. The molecule has 1 aromatic rings. The van der Waals surface area contributed by atoms with Crippen molar-refractivity contribution in [3.63, 3.8) is 0 Å². The van der Waals surface area contributed by atoms with Gasteiger partial charge in [-0.3, -0.25) is 4.57 Å². The van der Waals surface area contributed by atoms with Crippen LogP contribution in [0.4, 0.5) is 0 Å². The Morgan fingerprint density at radius 1 is 1.33 bits per heavy atom. The van der Waals surface area contributed by atoms with Crippen LogP contribution in [0.2, 0.25) is 0 Å². The molecule has 0 aromatic heterocycles. The van der Waals surface area contributed by atoms with Gasteiger partial charge in [0.05, 0.1) is 19.3 Å². The van der Waals surface area contributed by atoms with E-state index in [4.69, 9.17) is 25.9 Å². The van der Waals surface area contributed by atoms with Gasteiger partial charge in [0.25, 0.3) is 0 Å². The number of nitrogens with zero attached hydrogens (tertiary/aromatic N) is 1. The summed E-state index contributed by atoms with van der Waals surface area (Å²) >= 11 is 6.69. The zero-order valence-corrected chi connectivity index (χ0v) is 13.9. The first kappa shape index (κ1) is 16.5. The third-order valence-electron chi connectivity index (χ3n) is 3.47. The number of benzene rings is 1. The van der Waals surface area contributed by atoms with Gasteiger partial charge in [0, 0.05) is 11.8 Å². The first-order valence-electron chi connectivity index (χ1n) is 6.84. The van der Waals surface area contributed by atoms with Gasteiger partial charge in [0.15, 0.2) is 4.62 Å². The summed E-state index contributed by atoms with van der Waals surface area (Å²) in [6.45, 7) is 4.59. The molecule has 1 aliphatic heterocycles. The quantitative estimate of drug-likeness (QED) is 0.596. The molecule has 1 fully saturated rings. The van der Waals surface area contributed by atoms with Crippen molar-refractivity contribution in [2.75, 3.05) is 13.2 Å². The van der Waals surface area contributed by atoms with Crippen LogP contribution in [-0.4, -0.2) is 13.2 Å². The third-order valence-corrected chi connectivity index (χ3v) is 6.79. The number of nitriles is 1. The molecule has 4 nitrogen and oxygen atoms in total. The van der Waals surface area contributed by atoms with Crippen LogP contribution in [0, 0.1) is 16.7 Å². The van der Waals surface area contributed by atoms with E-state index in [-0.39, 0.29) is 18.3 Å². The monoisotopic (exact) mass is 327 g/mol. The Kier molecular flexibility index (Phi) is 4.80. The van der Waals surface area contributed by atoms with E-state index in [0.717, 1.165) is 0 Å². The van der Waals surface area contributed by atoms with Crippen molar-refractivity contribution < 1.29 is 13.6 Å². The summed E-state index contributed by atoms with van der Waals surface area (Å²) in [6.07, 6.45) is 0.394. The Bertz CT molecular complexity index is 570. The molecule has 1 aromatic carbocycles. The van der Waals surface area contributed by atoms with Crippen molar-refractivity contribution in [3.8, 4) is 6.07 Å². The average molecular weight is 328 g/mol. The van der Waals surface area contributed by atoms with Crippen molar-refractivity contribution in [3.05, 3.63) is 35.9 Å². The summed E-state index contributed by atoms with van der Waals surface area (Å²) in [7, 11) is -3.55. The highest BCUT2D eigenvalue weighted by atomic mass is 35.5. The second kappa shape index (κ2) is 6.10. The molecule has 114 valence electrons. The number of rotatable bonds is 4. The smallest absolute Gasteiger partial charge is 0.306 e. The molecular weight excluding hydrogens is 309 g/mol. The lowest BCUT2D eigenvalue weighted by Gasteiger charge is -2.41. The average Bonchev–Trinajstić information content (AvgIpc) is 2.49. The molecule has 1 saturated heterocycles. The largest absolute Gasteiger partial charge is 0.355 e. The Balaban J connectivity index is 2.37. The molecule has 21 heavy (non-hydrogen) atoms. The zero-order valence-electron chi connectivity index (χ0n) is 12.2. The van der Waals surface area contributed by atoms with E-state index in [1.165, 1.54) is 0 Å². The maximum atomic E-state index is 13.2. The molecule has 2 rings (SSSR count). The topological polar surface area (TPSA) is 59.3 Å². The highest BCUT2D eigenvalue weighted by Crippen LogP contribution is 2.71. The van der Waals surface area contributed by atoms with Crippen LogP contribution in [0.25, 0.3) is 0 Å². The first-order chi connectivity index (χ1) is 9.83. The highest BCUT2D eigenvalue weighted by Gasteiger charge is 2.54. The maximum absolute atomic E-state index is 13.2. The third kappa shape index (κ3) is 3.33. The summed E-state index contributed by atoms with van der Waals surface area (Å²) in [6, 6.07) is 11.1. The normalized spacial score (nSPS) is 23.0. The van der Waals surface area contributed by atoms with Crippen LogP contribution in [0.15, 0.2) is 30.3 Å². The Hall–Kier alpha value is -0.850. The van der Waals surface area contributed by atoms with E-state index in [9.17, 15) is 4.57 Å². The van der Waals surface area contributed by atoms with Crippen LogP contribution in [0.1, 0.15) is 32.3 Å². The molecule has 1 heterocycles. The van der Waals surface area contributed by atoms with E-state index >= 15 is 0 Å². The number of halogens is 1. The lowest BCUT2D eigenvalue weighted by atomic mass is 9.97. The fourth-order valence-corrected chi connectivity index (χ4v) is 5.04. The van der Waals surface area contributed by atoms with Gasteiger partial charge in [0.2, 0.25) is 0 Å². The molecule has 0 spiro atoms. The van der Waals surface area contributed by atoms with Gasteiger partial charge >= 0.3 is 7.60 Å². The van der Waals surface area contributed by atoms with Crippen LogP contribution in [0.5, 0.6) is 0 Å². The Labute approximate surface area is 130 Å². The fourth-order valence-electron chi connectivity index (χ4n) is 2.16. The van der Waals surface area contributed by atoms with Crippen molar-refractivity contribution in [2.24, 2.45) is 5.41 Å². The van der Waals surface area contributed by atoms with Gasteiger partial charge in [-0.2, -0.15) is 5.26 Å². The second-order valence-electron chi connectivity index (χ2n) is 5.99. The van der Waals surface area contributed by atoms with Gasteiger partial charge in [-0.15, -0.1) is 11.6 Å². The lowest BCUT2D eigenvalue weighted by molar-refractivity contribution is 0.0355. The molecule has 1 atom stereocenters. The fraction of sp³-hybridized carbons (Fsp3) is 0.533. The maximum Gasteiger partial charge on any atom is 0.355 e. The van der Waals surface area contributed by atoms with E-state index in [0.29, 0.717) is 18.8 Å². The molecule has 6 heteroatoms. The van der Waals surface area contributed by atoms with E-state index in [1.807, 2.05) is 38.1 Å². The van der Waals surface area contributed by atoms with E-state index in [2.05, 4.69) is 0 Å². The van der Waals surface area contributed by atoms with Gasteiger partial charge < -0.3 is 9.05 Å². The van der Waals surface area contributed by atoms with Gasteiger partial charge in [-0.25, -0.2) is 0 Å². The van der Waals surface area contributed by atoms with Crippen LogP contribution >= 0.6 is 19.2 Å². The van der Waals surface area contributed by atoms with Gasteiger partial charge in [-0.05, 0) is 12.0 Å². The van der Waals surface area contributed by atoms with Crippen molar-refractivity contribution in [1.29, 1.82) is 5.26 Å². The van der Waals surface area contributed by atoms with Crippen LogP contribution < -0.4 is 0 Å². The van der Waals surface area contributed by atoms with Crippen LogP contribution in [-0.2, 0) is 18.2 Å². The van der Waals surface area contributed by atoms with Gasteiger partial charge in [0.1, 0.15) is 0 Å². The molecule has 0 aliphatic carbocycles. The molecule has 1 unspecified atom stereocenters. The SMILES string of the molecule is CC1(C)COP(=O)(C(Cl)(CCC#N)c2ccccc2)OC1. The molecule has 0 bridgehead atoms. The number of hydrogen-bond acceptors (Lipinski definition) is 4. The Morgan fingerprint density at radius 3 is 2.43 bits per heavy atom. The summed E-state index contributed by atoms with van der Waals surface area (Å²) in [4.78, 5) is 0. The van der Waals surface area contributed by atoms with Gasteiger partial charge in [-0.1, -0.05) is 44.2 Å². The minimum Gasteiger partial charge on any atom is -0.306 e. The molecule has 0 saturated carbocycles. The van der Waals surface area contributed by atoms with Crippen molar-refractivity contribution in [2.45, 2.75) is 31.3 Å². The first-order valence-corrected chi connectivity index (χ1v) is 8.76. The minimum absolute atomic E-state index is 0.179. The van der Waals surface area contributed by atoms with Crippen LogP contribution in [0.3, 0.4) is 0 Å². The predicted octanol–water partition coefficient (Wildman–Crippen LogP) is 4.65. The standard InChI is InChI=1S/C15H19ClNO3P/c1-14(2)11-19-21(18,20-12-14)15(16,9-6-10-17)13-7-4-3-5-8-13/h3-5,7-8H,6,9,11-12H2,1-2H3. The lowest BCUT2D eigenvalue weighted by Crippen LogP contribution is -2.34. The molecule has 1 aliphatic rings. The molecular formula is C15H19ClNO3P. The summed E-state index contributed by atoms with van der Waals surface area (Å²) in [5.74, 6) is 0. The number of alkyl halides is 1. The predicted molar refractivity (Wildman–Crippen MR) is 82.1 cm³/mol. The van der Waals surface area contributed by atoms with Crippen molar-refractivity contribution >= 4 is 19.2 Å². The Morgan fingerprint density at radius 2 is 1.90 bits per heavy atom. The molecule has 0 radical (unpaired) electrons. The highest BCUT2D eigenvalue weighted by molar-refractivity contribution is 7.57. The molecule has 0 amide bonds. The molecule has 0 N–H and O–H groups in total. The van der Waals surface area contributed by atoms with E-state index in [1.54, 1.807) is 12.1 Å². The zero-order chi connectivity index (χ0) is 15.6. The summed E-state index contributed by atoms with van der Waals surface area (Å²) in [5, 5.41) is 8.86. The number of hydrogen-bond donors (Lipinski definition) is 0. The second-order valence-corrected chi connectivity index (χ2v) is 9.18. The summed E-state index contributed by atoms with van der Waals surface area (Å²) < 4.78 is 23.0.